The number of likely N-dealkylation sites (N-methyl/N-ethyl adjacent to an activating group) is 1. The summed E-state index contributed by atoms with van der Waals surface area (Å²) in [4.78, 5) is 25.2. The molecule has 0 fully saturated rings. The first kappa shape index (κ1) is 15.0. The number of nitrogens with zero attached hydrogens (tertiary/aromatic N) is 3. The van der Waals surface area contributed by atoms with Crippen LogP contribution in [0.2, 0.25) is 0 Å². The maximum Gasteiger partial charge on any atom is 0.274 e. The van der Waals surface area contributed by atoms with Gasteiger partial charge in [0.2, 0.25) is 5.91 Å². The van der Waals surface area contributed by atoms with E-state index in [1.807, 2.05) is 20.8 Å². The van der Waals surface area contributed by atoms with Crippen molar-refractivity contribution in [1.82, 2.24) is 20.0 Å². The number of nitrogens with two attached hydrogens (primary N) is 1. The Morgan fingerprint density at radius 3 is 2.68 bits per heavy atom. The highest BCUT2D eigenvalue weighted by molar-refractivity contribution is 5.99. The summed E-state index contributed by atoms with van der Waals surface area (Å²) >= 11 is 0. The number of amides is 2. The Labute approximate surface area is 112 Å². The zero-order valence-corrected chi connectivity index (χ0v) is 11.8. The van der Waals surface area contributed by atoms with Crippen molar-refractivity contribution in [3.8, 4) is 0 Å². The van der Waals surface area contributed by atoms with Gasteiger partial charge in [-0.3, -0.25) is 14.3 Å². The van der Waals surface area contributed by atoms with Crippen molar-refractivity contribution in [3.63, 3.8) is 0 Å². The standard InChI is InChI=1S/C12H21N5O2/c1-5-17-11(9(13)6-14-17)12(19)16(4)7-10(18)15-8(2)3/h6,8H,5,7,13H2,1-4H3,(H,15,18). The van der Waals surface area contributed by atoms with Crippen LogP contribution in [0.15, 0.2) is 6.20 Å². The summed E-state index contributed by atoms with van der Waals surface area (Å²) < 4.78 is 1.52. The zero-order chi connectivity index (χ0) is 14.6. The summed E-state index contributed by atoms with van der Waals surface area (Å²) in [5.41, 5.74) is 6.38. The third kappa shape index (κ3) is 3.70. The molecule has 0 aliphatic carbocycles. The Morgan fingerprint density at radius 1 is 1.53 bits per heavy atom. The molecule has 1 aromatic rings. The maximum atomic E-state index is 12.2. The first-order valence-corrected chi connectivity index (χ1v) is 6.22. The number of carbonyl (C=O) groups is 2. The fraction of sp³-hybridized carbons (Fsp3) is 0.583. The lowest BCUT2D eigenvalue weighted by Gasteiger charge is -2.18. The molecule has 3 N–H and O–H groups in total. The van der Waals surface area contributed by atoms with Crippen LogP contribution >= 0.6 is 0 Å². The van der Waals surface area contributed by atoms with E-state index in [9.17, 15) is 9.59 Å². The number of hydrogen-bond acceptors (Lipinski definition) is 4. The molecule has 1 rings (SSSR count). The van der Waals surface area contributed by atoms with Gasteiger partial charge in [0.15, 0.2) is 0 Å². The molecule has 7 heteroatoms. The predicted octanol–water partition coefficient (Wildman–Crippen LogP) is 0.0818. The lowest BCUT2D eigenvalue weighted by molar-refractivity contribution is -0.122. The number of aromatic nitrogens is 2. The minimum atomic E-state index is -0.309. The minimum Gasteiger partial charge on any atom is -0.396 e. The molecule has 0 saturated heterocycles. The van der Waals surface area contributed by atoms with Crippen LogP contribution in [0.4, 0.5) is 5.69 Å². The van der Waals surface area contributed by atoms with E-state index in [0.29, 0.717) is 17.9 Å². The van der Waals surface area contributed by atoms with Crippen molar-refractivity contribution >= 4 is 17.5 Å². The van der Waals surface area contributed by atoms with E-state index in [0.717, 1.165) is 0 Å². The van der Waals surface area contributed by atoms with Crippen LogP contribution in [0, 0.1) is 0 Å². The average molecular weight is 267 g/mol. The second-order valence-corrected chi connectivity index (χ2v) is 4.65. The first-order valence-electron chi connectivity index (χ1n) is 6.22. The number of nitrogen functional groups attached to an aromatic ring is 1. The van der Waals surface area contributed by atoms with E-state index in [1.165, 1.54) is 15.8 Å². The average Bonchev–Trinajstić information content (AvgIpc) is 2.68. The molecule has 0 aliphatic heterocycles. The van der Waals surface area contributed by atoms with Gasteiger partial charge in [0.25, 0.3) is 5.91 Å². The molecule has 2 amide bonds. The van der Waals surface area contributed by atoms with Gasteiger partial charge in [0.05, 0.1) is 18.4 Å². The van der Waals surface area contributed by atoms with Gasteiger partial charge in [-0.2, -0.15) is 5.10 Å². The summed E-state index contributed by atoms with van der Waals surface area (Å²) in [7, 11) is 1.56. The van der Waals surface area contributed by atoms with Crippen LogP contribution < -0.4 is 11.1 Å². The summed E-state index contributed by atoms with van der Waals surface area (Å²) in [6.45, 7) is 6.14. The van der Waals surface area contributed by atoms with E-state index in [-0.39, 0.29) is 24.4 Å². The van der Waals surface area contributed by atoms with Gasteiger partial charge in [-0.1, -0.05) is 0 Å². The molecule has 0 aromatic carbocycles. The number of aryl methyl sites for hydroxylation is 1. The van der Waals surface area contributed by atoms with Crippen molar-refractivity contribution in [1.29, 1.82) is 0 Å². The third-order valence-electron chi connectivity index (χ3n) is 2.55. The lowest BCUT2D eigenvalue weighted by Crippen LogP contribution is -2.41. The van der Waals surface area contributed by atoms with E-state index < -0.39 is 0 Å². The normalized spacial score (nSPS) is 10.6. The van der Waals surface area contributed by atoms with Gasteiger partial charge in [0.1, 0.15) is 5.69 Å². The molecule has 7 nitrogen and oxygen atoms in total. The Kier molecular flexibility index (Phi) is 4.91. The van der Waals surface area contributed by atoms with Gasteiger partial charge in [-0.05, 0) is 20.8 Å². The molecule has 0 aliphatic rings. The summed E-state index contributed by atoms with van der Waals surface area (Å²) in [6.07, 6.45) is 1.44. The number of anilines is 1. The maximum absolute atomic E-state index is 12.2. The molecule has 0 bridgehead atoms. The highest BCUT2D eigenvalue weighted by atomic mass is 16.2. The smallest absolute Gasteiger partial charge is 0.274 e. The SMILES string of the molecule is CCn1ncc(N)c1C(=O)N(C)CC(=O)NC(C)C. The van der Waals surface area contributed by atoms with Crippen LogP contribution in [-0.2, 0) is 11.3 Å². The van der Waals surface area contributed by atoms with Crippen LogP contribution in [0.3, 0.4) is 0 Å². The molecule has 0 spiro atoms. The van der Waals surface area contributed by atoms with E-state index in [2.05, 4.69) is 10.4 Å². The largest absolute Gasteiger partial charge is 0.396 e. The monoisotopic (exact) mass is 267 g/mol. The topological polar surface area (TPSA) is 93.2 Å². The molecule has 0 radical (unpaired) electrons. The number of hydrogen-bond donors (Lipinski definition) is 2. The number of rotatable bonds is 5. The van der Waals surface area contributed by atoms with Gasteiger partial charge < -0.3 is 16.0 Å². The molecule has 0 unspecified atom stereocenters. The van der Waals surface area contributed by atoms with Crippen LogP contribution in [0.25, 0.3) is 0 Å². The van der Waals surface area contributed by atoms with E-state index >= 15 is 0 Å². The lowest BCUT2D eigenvalue weighted by atomic mass is 10.3. The van der Waals surface area contributed by atoms with E-state index in [1.54, 1.807) is 7.05 Å². The predicted molar refractivity (Wildman–Crippen MR) is 72.6 cm³/mol. The van der Waals surface area contributed by atoms with Crippen molar-refractivity contribution in [3.05, 3.63) is 11.9 Å². The molecular formula is C12H21N5O2. The van der Waals surface area contributed by atoms with Crippen molar-refractivity contribution in [2.45, 2.75) is 33.4 Å². The number of carbonyl (C=O) groups excluding carboxylic acids is 2. The Bertz CT molecular complexity index is 467. The first-order chi connectivity index (χ1) is 8.86. The zero-order valence-electron chi connectivity index (χ0n) is 11.8. The van der Waals surface area contributed by atoms with Crippen LogP contribution in [0.1, 0.15) is 31.3 Å². The quantitative estimate of drug-likeness (QED) is 0.790. The Hall–Kier alpha value is -2.05. The molecular weight excluding hydrogens is 246 g/mol. The highest BCUT2D eigenvalue weighted by Gasteiger charge is 2.21. The molecule has 106 valence electrons. The Morgan fingerprint density at radius 2 is 2.16 bits per heavy atom. The molecule has 1 aromatic heterocycles. The van der Waals surface area contributed by atoms with Crippen molar-refractivity contribution in [2.75, 3.05) is 19.3 Å². The molecule has 19 heavy (non-hydrogen) atoms. The fourth-order valence-electron chi connectivity index (χ4n) is 1.71. The third-order valence-corrected chi connectivity index (χ3v) is 2.55. The fourth-order valence-corrected chi connectivity index (χ4v) is 1.71. The molecule has 1 heterocycles. The van der Waals surface area contributed by atoms with Gasteiger partial charge in [-0.15, -0.1) is 0 Å². The number of nitrogens with one attached hydrogen (secondary N) is 1. The van der Waals surface area contributed by atoms with Crippen LogP contribution in [-0.4, -0.2) is 46.1 Å². The van der Waals surface area contributed by atoms with Crippen molar-refractivity contribution < 1.29 is 9.59 Å². The summed E-state index contributed by atoms with van der Waals surface area (Å²) in [6, 6.07) is 0.0437. The minimum absolute atomic E-state index is 0.00858. The van der Waals surface area contributed by atoms with Gasteiger partial charge >= 0.3 is 0 Å². The Balaban J connectivity index is 2.77. The molecule has 0 saturated carbocycles. The van der Waals surface area contributed by atoms with Gasteiger partial charge in [-0.25, -0.2) is 0 Å². The molecule has 0 atom stereocenters. The summed E-state index contributed by atoms with van der Waals surface area (Å²) in [5.74, 6) is -0.511. The van der Waals surface area contributed by atoms with Crippen LogP contribution in [0.5, 0.6) is 0 Å². The summed E-state index contributed by atoms with van der Waals surface area (Å²) in [5, 5.41) is 6.74. The van der Waals surface area contributed by atoms with Crippen molar-refractivity contribution in [2.24, 2.45) is 0 Å². The van der Waals surface area contributed by atoms with E-state index in [4.69, 9.17) is 5.73 Å². The second-order valence-electron chi connectivity index (χ2n) is 4.65. The second kappa shape index (κ2) is 6.21. The van der Waals surface area contributed by atoms with Gasteiger partial charge in [0, 0.05) is 19.6 Å². The highest BCUT2D eigenvalue weighted by Crippen LogP contribution is 2.12.